The topological polar surface area (TPSA) is 106 Å². The van der Waals surface area contributed by atoms with Crippen LogP contribution in [0.3, 0.4) is 0 Å². The average molecular weight is 546 g/mol. The molecule has 0 saturated heterocycles. The standard InChI is InChI=1S/C28H27N5O3S2/c1-38(34,35)14-13-29-16-23-18-37-28(33-23)21-7-12-25-26(15-21)30-19-31-27(25)32-22-8-10-24(11-9-22)36-17-20-5-3-2-4-6-20/h2-12,15,18-19,29H,13-14,16-17H2,1H3,(H,30,31,32). The Morgan fingerprint density at radius 1 is 0.974 bits per heavy atom. The molecule has 2 aromatic heterocycles. The van der Waals surface area contributed by atoms with Crippen molar-refractivity contribution < 1.29 is 13.2 Å². The van der Waals surface area contributed by atoms with Crippen LogP contribution >= 0.6 is 11.3 Å². The summed E-state index contributed by atoms with van der Waals surface area (Å²) in [7, 11) is -2.98. The Balaban J connectivity index is 1.23. The summed E-state index contributed by atoms with van der Waals surface area (Å²) in [6.45, 7) is 1.44. The lowest BCUT2D eigenvalue weighted by Gasteiger charge is -2.10. The van der Waals surface area contributed by atoms with Gasteiger partial charge < -0.3 is 15.4 Å². The molecule has 38 heavy (non-hydrogen) atoms. The van der Waals surface area contributed by atoms with Gasteiger partial charge in [0, 0.05) is 41.4 Å². The minimum absolute atomic E-state index is 0.108. The molecule has 0 aliphatic heterocycles. The fraction of sp³-hybridized carbons (Fsp3) is 0.179. The van der Waals surface area contributed by atoms with Crippen LogP contribution in [-0.4, -0.2) is 41.9 Å². The van der Waals surface area contributed by atoms with E-state index in [2.05, 4.69) is 25.6 Å². The molecule has 194 valence electrons. The summed E-state index contributed by atoms with van der Waals surface area (Å²) in [5.41, 5.74) is 4.67. The van der Waals surface area contributed by atoms with Gasteiger partial charge in [0.15, 0.2) is 0 Å². The molecule has 0 saturated carbocycles. The van der Waals surface area contributed by atoms with Gasteiger partial charge in [0.25, 0.3) is 0 Å². The first-order valence-electron chi connectivity index (χ1n) is 12.0. The molecule has 0 aliphatic carbocycles. The van der Waals surface area contributed by atoms with Crippen LogP contribution in [0.1, 0.15) is 11.3 Å². The van der Waals surface area contributed by atoms with Crippen molar-refractivity contribution in [3.63, 3.8) is 0 Å². The molecule has 2 N–H and O–H groups in total. The second kappa shape index (κ2) is 11.7. The molecule has 8 nitrogen and oxygen atoms in total. The van der Waals surface area contributed by atoms with E-state index in [0.717, 1.165) is 50.0 Å². The van der Waals surface area contributed by atoms with Crippen LogP contribution in [0.2, 0.25) is 0 Å². The van der Waals surface area contributed by atoms with Crippen LogP contribution in [0.25, 0.3) is 21.5 Å². The van der Waals surface area contributed by atoms with E-state index in [4.69, 9.17) is 4.74 Å². The van der Waals surface area contributed by atoms with Gasteiger partial charge in [-0.2, -0.15) is 0 Å². The van der Waals surface area contributed by atoms with Gasteiger partial charge in [-0.05, 0) is 42.0 Å². The van der Waals surface area contributed by atoms with E-state index >= 15 is 0 Å². The number of rotatable bonds is 11. The number of hydrogen-bond acceptors (Lipinski definition) is 9. The lowest BCUT2D eigenvalue weighted by Crippen LogP contribution is -2.22. The Hall–Kier alpha value is -3.86. The molecule has 0 radical (unpaired) electrons. The summed E-state index contributed by atoms with van der Waals surface area (Å²) in [5, 5.41) is 10.3. The highest BCUT2D eigenvalue weighted by Gasteiger charge is 2.10. The average Bonchev–Trinajstić information content (AvgIpc) is 3.40. The predicted octanol–water partition coefficient (Wildman–Crippen LogP) is 5.21. The van der Waals surface area contributed by atoms with Crippen molar-refractivity contribution in [2.24, 2.45) is 0 Å². The van der Waals surface area contributed by atoms with Crippen molar-refractivity contribution in [3.8, 4) is 16.3 Å². The number of benzene rings is 3. The molecule has 2 heterocycles. The second-order valence-electron chi connectivity index (χ2n) is 8.83. The summed E-state index contributed by atoms with van der Waals surface area (Å²) in [5.74, 6) is 1.62. The quantitative estimate of drug-likeness (QED) is 0.218. The SMILES string of the molecule is CS(=O)(=O)CCNCc1csc(-c2ccc3c(Nc4ccc(OCc5ccccc5)cc4)ncnc3c2)n1. The largest absolute Gasteiger partial charge is 0.489 e. The normalized spacial score (nSPS) is 11.5. The molecular formula is C28H27N5O3S2. The minimum Gasteiger partial charge on any atom is -0.489 e. The molecule has 3 aromatic carbocycles. The van der Waals surface area contributed by atoms with Crippen molar-refractivity contribution >= 4 is 43.6 Å². The van der Waals surface area contributed by atoms with E-state index in [1.165, 1.54) is 6.26 Å². The van der Waals surface area contributed by atoms with Crippen LogP contribution in [0, 0.1) is 0 Å². The highest BCUT2D eigenvalue weighted by Crippen LogP contribution is 2.30. The lowest BCUT2D eigenvalue weighted by molar-refractivity contribution is 0.306. The van der Waals surface area contributed by atoms with Gasteiger partial charge in [-0.3, -0.25) is 0 Å². The molecule has 0 bridgehead atoms. The predicted molar refractivity (Wildman–Crippen MR) is 153 cm³/mol. The Morgan fingerprint density at radius 2 is 1.79 bits per heavy atom. The van der Waals surface area contributed by atoms with Gasteiger partial charge in [-0.1, -0.05) is 36.4 Å². The highest BCUT2D eigenvalue weighted by molar-refractivity contribution is 7.90. The molecule has 0 amide bonds. The van der Waals surface area contributed by atoms with Gasteiger partial charge in [-0.15, -0.1) is 11.3 Å². The molecule has 0 aliphatic rings. The summed E-state index contributed by atoms with van der Waals surface area (Å²) in [4.78, 5) is 13.6. The Labute approximate surface area is 225 Å². The van der Waals surface area contributed by atoms with Crippen LogP contribution in [0.5, 0.6) is 5.75 Å². The maximum absolute atomic E-state index is 11.3. The Bertz CT molecular complexity index is 1620. The third-order valence-electron chi connectivity index (χ3n) is 5.76. The number of fused-ring (bicyclic) bond motifs is 1. The number of thiazole rings is 1. The molecule has 0 fully saturated rings. The number of aromatic nitrogens is 3. The van der Waals surface area contributed by atoms with E-state index < -0.39 is 9.84 Å². The van der Waals surface area contributed by atoms with E-state index in [-0.39, 0.29) is 5.75 Å². The maximum atomic E-state index is 11.3. The van der Waals surface area contributed by atoms with Crippen LogP contribution in [0.4, 0.5) is 11.5 Å². The second-order valence-corrected chi connectivity index (χ2v) is 11.9. The van der Waals surface area contributed by atoms with Gasteiger partial charge in [0.2, 0.25) is 0 Å². The van der Waals surface area contributed by atoms with Crippen molar-refractivity contribution in [1.82, 2.24) is 20.3 Å². The number of sulfone groups is 1. The monoisotopic (exact) mass is 545 g/mol. The first kappa shape index (κ1) is 25.8. The molecule has 0 unspecified atom stereocenters. The highest BCUT2D eigenvalue weighted by atomic mass is 32.2. The fourth-order valence-corrected chi connectivity index (χ4v) is 5.13. The molecule has 5 rings (SSSR count). The van der Waals surface area contributed by atoms with Gasteiger partial charge in [0.05, 0.1) is 17.0 Å². The van der Waals surface area contributed by atoms with Gasteiger partial charge >= 0.3 is 0 Å². The van der Waals surface area contributed by atoms with Crippen LogP contribution in [0.15, 0.2) is 84.5 Å². The third kappa shape index (κ3) is 6.91. The van der Waals surface area contributed by atoms with Crippen molar-refractivity contribution in [2.45, 2.75) is 13.2 Å². The van der Waals surface area contributed by atoms with Crippen LogP contribution < -0.4 is 15.4 Å². The third-order valence-corrected chi connectivity index (χ3v) is 7.64. The van der Waals surface area contributed by atoms with Gasteiger partial charge in [-0.25, -0.2) is 23.4 Å². The first-order valence-corrected chi connectivity index (χ1v) is 15.0. The smallest absolute Gasteiger partial charge is 0.148 e. The summed E-state index contributed by atoms with van der Waals surface area (Å²) in [6, 6.07) is 23.9. The number of nitrogens with zero attached hydrogens (tertiary/aromatic N) is 3. The molecule has 5 aromatic rings. The summed E-state index contributed by atoms with van der Waals surface area (Å²) in [6.07, 6.45) is 2.78. The van der Waals surface area contributed by atoms with E-state index in [9.17, 15) is 8.42 Å². The summed E-state index contributed by atoms with van der Waals surface area (Å²) >= 11 is 1.55. The molecule has 0 spiro atoms. The number of anilines is 2. The Kier molecular flexibility index (Phi) is 7.92. The summed E-state index contributed by atoms with van der Waals surface area (Å²) < 4.78 is 28.4. The van der Waals surface area contributed by atoms with E-state index in [1.54, 1.807) is 17.7 Å². The lowest BCUT2D eigenvalue weighted by atomic mass is 10.1. The number of hydrogen-bond donors (Lipinski definition) is 2. The Morgan fingerprint density at radius 3 is 2.58 bits per heavy atom. The van der Waals surface area contributed by atoms with Crippen molar-refractivity contribution in [2.75, 3.05) is 23.9 Å². The zero-order chi connectivity index (χ0) is 26.4. The first-order chi connectivity index (χ1) is 18.4. The van der Waals surface area contributed by atoms with Crippen LogP contribution in [-0.2, 0) is 23.0 Å². The van der Waals surface area contributed by atoms with Gasteiger partial charge in [0.1, 0.15) is 39.3 Å². The number of ether oxygens (including phenoxy) is 1. The molecule has 10 heteroatoms. The fourth-order valence-electron chi connectivity index (χ4n) is 3.80. The molecule has 0 atom stereocenters. The van der Waals surface area contributed by atoms with E-state index in [1.807, 2.05) is 78.2 Å². The zero-order valence-corrected chi connectivity index (χ0v) is 22.4. The van der Waals surface area contributed by atoms with Crippen molar-refractivity contribution in [1.29, 1.82) is 0 Å². The minimum atomic E-state index is -2.98. The number of nitrogens with one attached hydrogen (secondary N) is 2. The zero-order valence-electron chi connectivity index (χ0n) is 20.8. The maximum Gasteiger partial charge on any atom is 0.148 e. The molecular weight excluding hydrogens is 518 g/mol. The van der Waals surface area contributed by atoms with E-state index in [0.29, 0.717) is 19.7 Å². The van der Waals surface area contributed by atoms with Crippen molar-refractivity contribution in [3.05, 3.63) is 95.8 Å².